The first-order valence-electron chi connectivity index (χ1n) is 12.8. The predicted molar refractivity (Wildman–Crippen MR) is 146 cm³/mol. The van der Waals surface area contributed by atoms with Gasteiger partial charge in [-0.1, -0.05) is 48.0 Å². The fraction of sp³-hybridized carbons (Fsp3) is 0.333. The first kappa shape index (κ1) is 26.2. The van der Waals surface area contributed by atoms with Gasteiger partial charge in [0.15, 0.2) is 11.6 Å². The zero-order valence-electron chi connectivity index (χ0n) is 21.5. The molecule has 1 fully saturated rings. The SMILES string of the molecule is COc1ccc(Cl)c(CC(=O)Nc2ccc(C3(NC(=O)C4Cc5ccccc5CN4C)CCC3)cc2)c1F. The average Bonchev–Trinajstić information content (AvgIpc) is 2.89. The number of rotatable bonds is 7. The average molecular weight is 536 g/mol. The smallest absolute Gasteiger partial charge is 0.238 e. The topological polar surface area (TPSA) is 70.7 Å². The number of halogens is 2. The van der Waals surface area contributed by atoms with Gasteiger partial charge >= 0.3 is 0 Å². The van der Waals surface area contributed by atoms with Crippen LogP contribution in [0.5, 0.6) is 5.75 Å². The lowest BCUT2D eigenvalue weighted by Crippen LogP contribution is -2.57. The van der Waals surface area contributed by atoms with Gasteiger partial charge in [-0.3, -0.25) is 14.5 Å². The lowest BCUT2D eigenvalue weighted by atomic mass is 9.71. The Hall–Kier alpha value is -3.42. The van der Waals surface area contributed by atoms with Gasteiger partial charge in [0, 0.05) is 22.8 Å². The van der Waals surface area contributed by atoms with Crippen molar-refractivity contribution in [2.24, 2.45) is 0 Å². The summed E-state index contributed by atoms with van der Waals surface area (Å²) in [4.78, 5) is 28.2. The Bertz CT molecular complexity index is 1360. The minimum absolute atomic E-state index is 0.0382. The maximum atomic E-state index is 14.6. The van der Waals surface area contributed by atoms with E-state index < -0.39 is 11.4 Å². The molecule has 1 heterocycles. The maximum absolute atomic E-state index is 14.6. The second kappa shape index (κ2) is 10.8. The van der Waals surface area contributed by atoms with Crippen LogP contribution in [0, 0.1) is 5.82 Å². The molecular formula is C30H31ClFN3O3. The summed E-state index contributed by atoms with van der Waals surface area (Å²) in [6.45, 7) is 0.751. The highest BCUT2D eigenvalue weighted by Gasteiger charge is 2.42. The third kappa shape index (κ3) is 5.13. The van der Waals surface area contributed by atoms with Crippen LogP contribution in [0.3, 0.4) is 0 Å². The van der Waals surface area contributed by atoms with E-state index in [1.807, 2.05) is 43.4 Å². The molecule has 1 atom stereocenters. The molecule has 198 valence electrons. The Morgan fingerprint density at radius 1 is 1.08 bits per heavy atom. The van der Waals surface area contributed by atoms with Crippen LogP contribution >= 0.6 is 11.6 Å². The lowest BCUT2D eigenvalue weighted by molar-refractivity contribution is -0.129. The molecule has 0 aromatic heterocycles. The first-order chi connectivity index (χ1) is 18.3. The zero-order valence-corrected chi connectivity index (χ0v) is 22.3. The van der Waals surface area contributed by atoms with Gasteiger partial charge in [-0.15, -0.1) is 0 Å². The number of hydrogen-bond acceptors (Lipinski definition) is 4. The molecule has 1 aliphatic heterocycles. The van der Waals surface area contributed by atoms with Crippen LogP contribution in [0.4, 0.5) is 10.1 Å². The van der Waals surface area contributed by atoms with Crippen LogP contribution in [0.2, 0.25) is 5.02 Å². The number of nitrogens with one attached hydrogen (secondary N) is 2. The lowest BCUT2D eigenvalue weighted by Gasteiger charge is -2.45. The van der Waals surface area contributed by atoms with E-state index in [9.17, 15) is 14.0 Å². The van der Waals surface area contributed by atoms with Crippen molar-refractivity contribution in [1.82, 2.24) is 10.2 Å². The van der Waals surface area contributed by atoms with E-state index >= 15 is 0 Å². The number of amides is 2. The molecule has 2 aliphatic rings. The van der Waals surface area contributed by atoms with Crippen molar-refractivity contribution in [3.63, 3.8) is 0 Å². The van der Waals surface area contributed by atoms with Crippen LogP contribution in [-0.2, 0) is 34.5 Å². The van der Waals surface area contributed by atoms with Gasteiger partial charge < -0.3 is 15.4 Å². The van der Waals surface area contributed by atoms with Crippen LogP contribution < -0.4 is 15.4 Å². The Morgan fingerprint density at radius 2 is 1.79 bits per heavy atom. The van der Waals surface area contributed by atoms with E-state index in [2.05, 4.69) is 27.7 Å². The highest BCUT2D eigenvalue weighted by molar-refractivity contribution is 6.31. The molecule has 0 radical (unpaired) electrons. The van der Waals surface area contributed by atoms with Crippen molar-refractivity contribution in [3.05, 3.63) is 93.8 Å². The van der Waals surface area contributed by atoms with Crippen molar-refractivity contribution >= 4 is 29.1 Å². The van der Waals surface area contributed by atoms with Gasteiger partial charge in [0.2, 0.25) is 11.8 Å². The molecule has 1 saturated carbocycles. The number of likely N-dealkylation sites (N-methyl/N-ethyl adjacent to an activating group) is 1. The summed E-state index contributed by atoms with van der Waals surface area (Å²) in [5.41, 5.74) is 3.77. The second-order valence-corrected chi connectivity index (χ2v) is 10.6. The molecule has 2 N–H and O–H groups in total. The highest BCUT2D eigenvalue weighted by Crippen LogP contribution is 2.42. The first-order valence-corrected chi connectivity index (χ1v) is 13.2. The molecule has 3 aromatic rings. The maximum Gasteiger partial charge on any atom is 0.238 e. The number of benzene rings is 3. The number of fused-ring (bicyclic) bond motifs is 1. The molecule has 0 bridgehead atoms. The molecule has 2 amide bonds. The molecule has 38 heavy (non-hydrogen) atoms. The molecule has 8 heteroatoms. The summed E-state index contributed by atoms with van der Waals surface area (Å²) in [5, 5.41) is 6.33. The Labute approximate surface area is 227 Å². The van der Waals surface area contributed by atoms with Gasteiger partial charge in [-0.2, -0.15) is 0 Å². The van der Waals surface area contributed by atoms with Gasteiger partial charge in [-0.25, -0.2) is 4.39 Å². The van der Waals surface area contributed by atoms with Crippen molar-refractivity contribution in [2.45, 2.75) is 50.2 Å². The van der Waals surface area contributed by atoms with Crippen LogP contribution in [0.25, 0.3) is 0 Å². The molecule has 6 nitrogen and oxygen atoms in total. The van der Waals surface area contributed by atoms with E-state index in [0.717, 1.165) is 31.4 Å². The standard InChI is InChI=1S/C30H31ClFN3O3/c1-35-18-20-7-4-3-6-19(20)16-25(35)29(37)34-30(14-5-15-30)21-8-10-22(11-9-21)33-27(36)17-23-24(31)12-13-26(38-2)28(23)32/h3-4,6-13,25H,5,14-18H2,1-2H3,(H,33,36)(H,34,37). The molecule has 5 rings (SSSR count). The van der Waals surface area contributed by atoms with Crippen LogP contribution in [-0.4, -0.2) is 36.9 Å². The molecule has 0 saturated heterocycles. The minimum Gasteiger partial charge on any atom is -0.494 e. The summed E-state index contributed by atoms with van der Waals surface area (Å²) in [6.07, 6.45) is 3.24. The van der Waals surface area contributed by atoms with Crippen LogP contribution in [0.15, 0.2) is 60.7 Å². The Morgan fingerprint density at radius 3 is 2.45 bits per heavy atom. The number of carbonyl (C=O) groups is 2. The largest absolute Gasteiger partial charge is 0.494 e. The number of methoxy groups -OCH3 is 1. The normalized spacial score (nSPS) is 18.2. The summed E-state index contributed by atoms with van der Waals surface area (Å²) < 4.78 is 19.6. The molecule has 1 unspecified atom stereocenters. The van der Waals surface area contributed by atoms with Crippen molar-refractivity contribution in [1.29, 1.82) is 0 Å². The van der Waals surface area contributed by atoms with E-state index in [-0.39, 0.29) is 40.6 Å². The monoisotopic (exact) mass is 535 g/mol. The number of hydrogen-bond donors (Lipinski definition) is 2. The summed E-state index contributed by atoms with van der Waals surface area (Å²) in [5.74, 6) is -0.950. The zero-order chi connectivity index (χ0) is 26.9. The Kier molecular flexibility index (Phi) is 7.41. The molecular weight excluding hydrogens is 505 g/mol. The third-order valence-corrected chi connectivity index (χ3v) is 8.14. The van der Waals surface area contributed by atoms with E-state index in [4.69, 9.17) is 16.3 Å². The van der Waals surface area contributed by atoms with Gasteiger partial charge in [-0.05, 0) is 73.7 Å². The number of carbonyl (C=O) groups excluding carboxylic acids is 2. The third-order valence-electron chi connectivity index (χ3n) is 7.78. The summed E-state index contributed by atoms with van der Waals surface area (Å²) in [6, 6.07) is 18.5. The molecule has 1 aliphatic carbocycles. The van der Waals surface area contributed by atoms with Crippen molar-refractivity contribution < 1.29 is 18.7 Å². The minimum atomic E-state index is -0.639. The number of anilines is 1. The van der Waals surface area contributed by atoms with Gasteiger partial charge in [0.05, 0.1) is 25.1 Å². The quantitative estimate of drug-likeness (QED) is 0.435. The summed E-state index contributed by atoms with van der Waals surface area (Å²) in [7, 11) is 3.36. The van der Waals surface area contributed by atoms with Crippen molar-refractivity contribution in [3.8, 4) is 5.75 Å². The fourth-order valence-electron chi connectivity index (χ4n) is 5.42. The van der Waals surface area contributed by atoms with E-state index in [1.54, 1.807) is 0 Å². The molecule has 3 aromatic carbocycles. The number of ether oxygens (including phenoxy) is 1. The highest BCUT2D eigenvalue weighted by atomic mass is 35.5. The van der Waals surface area contributed by atoms with Crippen molar-refractivity contribution in [2.75, 3.05) is 19.5 Å². The summed E-state index contributed by atoms with van der Waals surface area (Å²) >= 11 is 6.12. The van der Waals surface area contributed by atoms with Gasteiger partial charge in [0.25, 0.3) is 0 Å². The fourth-order valence-corrected chi connectivity index (χ4v) is 5.63. The van der Waals surface area contributed by atoms with E-state index in [0.29, 0.717) is 12.1 Å². The predicted octanol–water partition coefficient (Wildman–Crippen LogP) is 5.22. The van der Waals surface area contributed by atoms with E-state index in [1.165, 1.54) is 30.4 Å². The molecule has 0 spiro atoms. The second-order valence-electron chi connectivity index (χ2n) is 10.2. The van der Waals surface area contributed by atoms with Gasteiger partial charge in [0.1, 0.15) is 0 Å². The van der Waals surface area contributed by atoms with Crippen LogP contribution in [0.1, 0.15) is 41.5 Å². The Balaban J connectivity index is 1.25. The number of nitrogens with zero attached hydrogens (tertiary/aromatic N) is 1.